The van der Waals surface area contributed by atoms with Crippen LogP contribution in [0.3, 0.4) is 0 Å². The molecule has 0 amide bonds. The summed E-state index contributed by atoms with van der Waals surface area (Å²) in [5.41, 5.74) is 0. The largest absolute Gasteiger partial charge is 0.346 e. The maximum absolute atomic E-state index is 11.4. The normalized spacial score (nSPS) is 26.2. The predicted molar refractivity (Wildman–Crippen MR) is 62.5 cm³/mol. The molecule has 1 atom stereocenters. The summed E-state index contributed by atoms with van der Waals surface area (Å²) in [6.45, 7) is 0.668. The Balaban J connectivity index is 3.15. The van der Waals surface area contributed by atoms with Crippen molar-refractivity contribution in [2.45, 2.75) is 30.7 Å². The van der Waals surface area contributed by atoms with E-state index < -0.39 is 26.6 Å². The third-order valence-electron chi connectivity index (χ3n) is 3.42. The number of piperidine rings is 1. The minimum Gasteiger partial charge on any atom is -0.325 e. The molecule has 4 N–H and O–H groups in total. The van der Waals surface area contributed by atoms with Crippen molar-refractivity contribution in [2.24, 2.45) is 0 Å². The summed E-state index contributed by atoms with van der Waals surface area (Å²) in [6, 6.07) is -0.703. The van der Waals surface area contributed by atoms with Crippen LogP contribution >= 0.6 is 15.2 Å². The highest BCUT2D eigenvalue weighted by atomic mass is 31.2. The van der Waals surface area contributed by atoms with Crippen molar-refractivity contribution < 1.29 is 33.2 Å². The van der Waals surface area contributed by atoms with Crippen LogP contribution in [0.25, 0.3) is 0 Å². The van der Waals surface area contributed by atoms with Crippen molar-refractivity contribution in [3.05, 3.63) is 0 Å². The van der Waals surface area contributed by atoms with E-state index in [1.54, 1.807) is 14.1 Å². The molecule has 0 saturated carbocycles. The van der Waals surface area contributed by atoms with Gasteiger partial charge in [-0.25, -0.2) is 0 Å². The van der Waals surface area contributed by atoms with Gasteiger partial charge in [0.15, 0.2) is 0 Å². The number of quaternary nitrogens is 1. The van der Waals surface area contributed by atoms with Gasteiger partial charge in [0.2, 0.25) is 5.40 Å². The molecule has 0 aromatic rings. The van der Waals surface area contributed by atoms with E-state index in [-0.39, 0.29) is 4.48 Å². The zero-order valence-corrected chi connectivity index (χ0v) is 11.7. The van der Waals surface area contributed by atoms with E-state index >= 15 is 0 Å². The molecule has 7 nitrogen and oxygen atoms in total. The second kappa shape index (κ2) is 4.74. The first kappa shape index (κ1) is 15.3. The number of nitrogens with zero attached hydrogens (tertiary/aromatic N) is 1. The molecule has 1 aliphatic heterocycles. The Hall–Kier alpha value is 0.260. The Morgan fingerprint density at radius 1 is 1.06 bits per heavy atom. The Morgan fingerprint density at radius 2 is 1.53 bits per heavy atom. The van der Waals surface area contributed by atoms with Gasteiger partial charge in [0.05, 0.1) is 20.6 Å². The molecule has 1 saturated heterocycles. The highest BCUT2D eigenvalue weighted by molar-refractivity contribution is 7.71. The Bertz CT molecular complexity index is 350. The zero-order chi connectivity index (χ0) is 13.5. The fourth-order valence-corrected chi connectivity index (χ4v) is 6.03. The quantitative estimate of drug-likeness (QED) is 0.438. The minimum atomic E-state index is -4.82. The van der Waals surface area contributed by atoms with Crippen molar-refractivity contribution in [2.75, 3.05) is 20.6 Å². The van der Waals surface area contributed by atoms with E-state index in [0.717, 1.165) is 12.8 Å². The number of hydrogen-bond acceptors (Lipinski definition) is 2. The monoisotopic (exact) mass is 288 g/mol. The summed E-state index contributed by atoms with van der Waals surface area (Å²) in [7, 11) is -6.14. The highest BCUT2D eigenvalue weighted by Crippen LogP contribution is 2.63. The van der Waals surface area contributed by atoms with Crippen LogP contribution in [0.5, 0.6) is 0 Å². The van der Waals surface area contributed by atoms with E-state index in [0.29, 0.717) is 13.0 Å². The number of likely N-dealkylation sites (tertiary alicyclic amines) is 1. The van der Waals surface area contributed by atoms with Crippen LogP contribution in [0.4, 0.5) is 0 Å². The summed E-state index contributed by atoms with van der Waals surface area (Å²) < 4.78 is 23.0. The summed E-state index contributed by atoms with van der Waals surface area (Å²) in [6.07, 6.45) is 2.06. The highest BCUT2D eigenvalue weighted by Gasteiger charge is 2.55. The van der Waals surface area contributed by atoms with Crippen molar-refractivity contribution >= 4 is 15.2 Å². The molecule has 1 aliphatic rings. The SMILES string of the molecule is C[N+]1(C)CCCCC1C(P(=O)(O)O)P(=O)(O)O. The molecule has 1 fully saturated rings. The maximum atomic E-state index is 11.4. The predicted octanol–water partition coefficient (Wildman–Crippen LogP) is 0.297. The van der Waals surface area contributed by atoms with Crippen molar-refractivity contribution in [1.82, 2.24) is 0 Å². The van der Waals surface area contributed by atoms with E-state index in [2.05, 4.69) is 0 Å². The standard InChI is InChI=1S/C8H19NO6P2/c1-9(2)6-4-3-5-7(9)8(16(10,11)12)17(13,14)15/h7-8H,3-6H2,1-2H3,(H3-,10,11,12,13,14,15)/p+1. The molecule has 0 spiro atoms. The first-order chi connectivity index (χ1) is 7.46. The lowest BCUT2D eigenvalue weighted by Crippen LogP contribution is -2.56. The van der Waals surface area contributed by atoms with Crippen molar-refractivity contribution in [3.8, 4) is 0 Å². The molecule has 102 valence electrons. The minimum absolute atomic E-state index is 0.237. The zero-order valence-electron chi connectivity index (χ0n) is 9.93. The van der Waals surface area contributed by atoms with E-state index in [1.165, 1.54) is 0 Å². The fraction of sp³-hybridized carbons (Fsp3) is 1.00. The van der Waals surface area contributed by atoms with Gasteiger partial charge in [-0.05, 0) is 12.8 Å². The molecule has 9 heteroatoms. The Labute approximate surface area is 100 Å². The maximum Gasteiger partial charge on any atom is 0.346 e. The molecule has 1 unspecified atom stereocenters. The summed E-state index contributed by atoms with van der Waals surface area (Å²) >= 11 is 0. The van der Waals surface area contributed by atoms with Crippen LogP contribution in [-0.4, -0.2) is 56.1 Å². The van der Waals surface area contributed by atoms with E-state index in [9.17, 15) is 28.7 Å². The van der Waals surface area contributed by atoms with Crippen LogP contribution in [0.2, 0.25) is 0 Å². The third kappa shape index (κ3) is 3.61. The van der Waals surface area contributed by atoms with Gasteiger partial charge in [-0.15, -0.1) is 0 Å². The lowest BCUT2D eigenvalue weighted by Gasteiger charge is -2.44. The van der Waals surface area contributed by atoms with Crippen molar-refractivity contribution in [3.63, 3.8) is 0 Å². The fourth-order valence-electron chi connectivity index (χ4n) is 2.54. The molecule has 0 radical (unpaired) electrons. The molecule has 1 rings (SSSR count). The number of hydrogen-bond donors (Lipinski definition) is 4. The van der Waals surface area contributed by atoms with Gasteiger partial charge >= 0.3 is 15.2 Å². The average Bonchev–Trinajstić information content (AvgIpc) is 2.03. The van der Waals surface area contributed by atoms with E-state index in [1.807, 2.05) is 0 Å². The van der Waals surface area contributed by atoms with Crippen LogP contribution < -0.4 is 0 Å². The molecule has 0 bridgehead atoms. The molecular formula is C8H20NO6P2+. The summed E-state index contributed by atoms with van der Waals surface area (Å²) in [4.78, 5) is 36.8. The third-order valence-corrected chi connectivity index (χ3v) is 7.29. The summed E-state index contributed by atoms with van der Waals surface area (Å²) in [5, 5.41) is -1.88. The first-order valence-electron chi connectivity index (χ1n) is 5.39. The second-order valence-electron chi connectivity index (χ2n) is 5.16. The van der Waals surface area contributed by atoms with Gasteiger partial charge in [-0.2, -0.15) is 0 Å². The smallest absolute Gasteiger partial charge is 0.325 e. The van der Waals surface area contributed by atoms with E-state index in [4.69, 9.17) is 0 Å². The number of rotatable bonds is 3. The molecule has 0 aromatic carbocycles. The molecule has 0 aromatic heterocycles. The first-order valence-corrected chi connectivity index (χ1v) is 8.76. The molecular weight excluding hydrogens is 268 g/mol. The van der Waals surface area contributed by atoms with Crippen LogP contribution in [0.1, 0.15) is 19.3 Å². The Morgan fingerprint density at radius 3 is 1.88 bits per heavy atom. The average molecular weight is 288 g/mol. The van der Waals surface area contributed by atoms with Crippen LogP contribution in [0, 0.1) is 0 Å². The van der Waals surface area contributed by atoms with Crippen LogP contribution in [-0.2, 0) is 9.13 Å². The molecule has 1 heterocycles. The van der Waals surface area contributed by atoms with Gasteiger partial charge in [0.25, 0.3) is 0 Å². The lowest BCUT2D eigenvalue weighted by molar-refractivity contribution is -0.918. The van der Waals surface area contributed by atoms with Gasteiger partial charge in [0.1, 0.15) is 6.04 Å². The van der Waals surface area contributed by atoms with Gasteiger partial charge < -0.3 is 24.1 Å². The van der Waals surface area contributed by atoms with Gasteiger partial charge in [-0.3, -0.25) is 9.13 Å². The second-order valence-corrected chi connectivity index (χ2v) is 9.03. The van der Waals surface area contributed by atoms with Crippen molar-refractivity contribution in [1.29, 1.82) is 0 Å². The molecule has 17 heavy (non-hydrogen) atoms. The topological polar surface area (TPSA) is 115 Å². The van der Waals surface area contributed by atoms with Gasteiger partial charge in [0, 0.05) is 6.42 Å². The molecule has 0 aliphatic carbocycles. The Kier molecular flexibility index (Phi) is 4.27. The van der Waals surface area contributed by atoms with Gasteiger partial charge in [-0.1, -0.05) is 0 Å². The summed E-state index contributed by atoms with van der Waals surface area (Å²) in [5.74, 6) is 0. The lowest BCUT2D eigenvalue weighted by atomic mass is 10.0. The van der Waals surface area contributed by atoms with Crippen LogP contribution in [0.15, 0.2) is 0 Å².